The predicted molar refractivity (Wildman–Crippen MR) is 418 cm³/mol. The van der Waals surface area contributed by atoms with Crippen LogP contribution >= 0.6 is 17.0 Å². The van der Waals surface area contributed by atoms with Gasteiger partial charge in [-0.25, -0.2) is 0 Å². The van der Waals surface area contributed by atoms with E-state index in [2.05, 4.69) is 308 Å². The van der Waals surface area contributed by atoms with Crippen molar-refractivity contribution in [3.05, 3.63) is 356 Å². The van der Waals surface area contributed by atoms with E-state index in [1.54, 1.807) is 28.4 Å². The zero-order valence-electron chi connectivity index (χ0n) is 57.8. The normalized spacial score (nSPS) is 30.3. The summed E-state index contributed by atoms with van der Waals surface area (Å²) in [7, 11) is 25.0. The summed E-state index contributed by atoms with van der Waals surface area (Å²) in [5, 5.41) is 9.40. The van der Waals surface area contributed by atoms with Gasteiger partial charge in [0, 0.05) is 0 Å². The molecule has 2 heterocycles. The first-order chi connectivity index (χ1) is 48.0. The SMILES string of the molecule is COc1ccc2c(C3C=CC=CC4=C3C=C(C)[C]43[SiH](C)[C]4(C(C)=CC5=C4C=CC=CC5c4cccc5cc(OC)ccc45)[Zr]34([Cl])([Cl])[C]3(C(C)=CC5=C3C=CC=CC5c3cccc5cc(OC)ccc35)[SiH](C)[C]43C(C)=CC4=C3C=CC=CC4c3cccc4cc(OC)ccc34)cccc2c1. The third-order valence-corrected chi connectivity index (χ3v) is 112. The van der Waals surface area contributed by atoms with Gasteiger partial charge in [-0.1, -0.05) is 0 Å². The molecule has 490 valence electrons. The fourth-order valence-electron chi connectivity index (χ4n) is 24.6. The Bertz CT molecular complexity index is 4930. The van der Waals surface area contributed by atoms with Crippen LogP contribution in [0.5, 0.6) is 23.0 Å². The van der Waals surface area contributed by atoms with Crippen molar-refractivity contribution >= 4 is 77.7 Å². The predicted octanol–water partition coefficient (Wildman–Crippen LogP) is 23.4. The van der Waals surface area contributed by atoms with Gasteiger partial charge in [0.1, 0.15) is 0 Å². The molecule has 0 amide bonds. The number of halogens is 2. The molecule has 0 aromatic heterocycles. The van der Waals surface area contributed by atoms with Crippen molar-refractivity contribution in [3.8, 4) is 23.0 Å². The van der Waals surface area contributed by atoms with Gasteiger partial charge in [0.2, 0.25) is 0 Å². The molecule has 8 aromatic carbocycles. The second kappa shape index (κ2) is 21.6. The van der Waals surface area contributed by atoms with Gasteiger partial charge in [0.15, 0.2) is 0 Å². The molecule has 8 unspecified atom stereocenters. The summed E-state index contributed by atoms with van der Waals surface area (Å²) >= 11 is -7.84. The van der Waals surface area contributed by atoms with E-state index in [-0.39, 0.29) is 23.7 Å². The summed E-state index contributed by atoms with van der Waals surface area (Å²) in [6.07, 6.45) is 49.3. The Morgan fingerprint density at radius 2 is 0.556 bits per heavy atom. The summed E-state index contributed by atoms with van der Waals surface area (Å²) in [5.41, 5.74) is 20.9. The maximum atomic E-state index is 11.7. The van der Waals surface area contributed by atoms with Crippen molar-refractivity contribution in [1.82, 2.24) is 0 Å². The second-order valence-corrected chi connectivity index (χ2v) is 69.5. The van der Waals surface area contributed by atoms with Crippen LogP contribution in [0.1, 0.15) is 73.6 Å². The number of hydrogen-bond acceptors (Lipinski definition) is 4. The third kappa shape index (κ3) is 6.93. The molecule has 8 atom stereocenters. The number of fused-ring (bicyclic) bond motifs is 12. The average Bonchev–Trinajstić information content (AvgIpc) is 1.52. The molecule has 9 heteroatoms. The molecule has 4 nitrogen and oxygen atoms in total. The van der Waals surface area contributed by atoms with Crippen LogP contribution in [-0.2, 0) is 14.9 Å². The Balaban J connectivity index is 1.02. The fourth-order valence-corrected chi connectivity index (χ4v) is 148. The minimum atomic E-state index is -7.84. The number of rotatable bonds is 8. The molecule has 8 aliphatic carbocycles. The molecular formula is C90H80Cl2O4Si2Zr. The number of ether oxygens (including phenoxy) is 4. The van der Waals surface area contributed by atoms with Gasteiger partial charge in [-0.3, -0.25) is 0 Å². The molecule has 0 radical (unpaired) electrons. The Morgan fingerprint density at radius 3 is 0.778 bits per heavy atom. The zero-order chi connectivity index (χ0) is 68.0. The van der Waals surface area contributed by atoms with Gasteiger partial charge < -0.3 is 0 Å². The summed E-state index contributed by atoms with van der Waals surface area (Å²) in [6, 6.07) is 53.6. The standard InChI is InChI=1S/2C45H40O2Si.2ClH.Zr/c2*1-28-24-42-38(36-18-10-12-30-26-32(46-3)20-22-34(30)36)14-6-8-16-40(42)44(28)48(5)45-29(2)25-43-39(15-7-9-17-41(43)45)37-19-11-13-31-27-33(47-4)21-23-35(31)37;;;/h2*6-27,38-39,48H,1-5H3;2*1H;/q;;;;+2/p-2. The Morgan fingerprint density at radius 1 is 0.323 bits per heavy atom. The van der Waals surface area contributed by atoms with E-state index in [0.29, 0.717) is 0 Å². The second-order valence-electron chi connectivity index (χ2n) is 29.7. The molecule has 18 rings (SSSR count). The molecule has 2 saturated heterocycles. The van der Waals surface area contributed by atoms with Crippen LogP contribution in [-0.4, -0.2) is 46.0 Å². The van der Waals surface area contributed by atoms with Crippen molar-refractivity contribution in [2.45, 2.75) is 75.4 Å². The van der Waals surface area contributed by atoms with Crippen LogP contribution in [0, 0.1) is 0 Å². The molecule has 0 bridgehead atoms. The van der Waals surface area contributed by atoms with E-state index in [1.165, 1.54) is 111 Å². The zero-order valence-corrected chi connectivity index (χ0v) is 64.0. The topological polar surface area (TPSA) is 36.9 Å². The summed E-state index contributed by atoms with van der Waals surface area (Å²) in [4.78, 5) is 0. The minimum absolute atomic E-state index is 0.132. The van der Waals surface area contributed by atoms with E-state index in [9.17, 15) is 17.0 Å². The Labute approximate surface area is 589 Å². The molecule has 0 N–H and O–H groups in total. The van der Waals surface area contributed by atoms with Crippen molar-refractivity contribution in [2.24, 2.45) is 0 Å². The molecule has 2 aliphatic heterocycles. The van der Waals surface area contributed by atoms with Crippen LogP contribution in [0.3, 0.4) is 0 Å². The molecule has 10 aliphatic rings. The van der Waals surface area contributed by atoms with Crippen molar-refractivity contribution in [3.63, 3.8) is 0 Å². The van der Waals surface area contributed by atoms with Gasteiger partial charge in [-0.05, 0) is 0 Å². The third-order valence-electron chi connectivity index (χ3n) is 27.0. The van der Waals surface area contributed by atoms with E-state index < -0.39 is 43.5 Å². The monoisotopic (exact) mass is 1440 g/mol. The first-order valence-corrected chi connectivity index (χ1v) is 51.0. The van der Waals surface area contributed by atoms with Crippen molar-refractivity contribution in [2.75, 3.05) is 28.4 Å². The van der Waals surface area contributed by atoms with Crippen LogP contribution in [0.25, 0.3) is 43.1 Å². The fraction of sp³-hybridized carbons (Fsp3) is 0.200. The van der Waals surface area contributed by atoms with Crippen LogP contribution in [0.2, 0.25) is 24.1 Å². The van der Waals surface area contributed by atoms with Crippen LogP contribution in [0.15, 0.2) is 334 Å². The summed E-state index contributed by atoms with van der Waals surface area (Å²) < 4.78 is 20.4. The molecular weight excluding hydrogens is 1360 g/mol. The van der Waals surface area contributed by atoms with E-state index >= 15 is 0 Å². The Hall–Kier alpha value is -8.26. The summed E-state index contributed by atoms with van der Waals surface area (Å²) in [6.45, 7) is 15.5. The molecule has 99 heavy (non-hydrogen) atoms. The van der Waals surface area contributed by atoms with Gasteiger partial charge in [-0.2, -0.15) is 0 Å². The van der Waals surface area contributed by atoms with Crippen LogP contribution < -0.4 is 18.9 Å². The molecule has 5 spiro atoms. The average molecular weight is 1440 g/mol. The van der Waals surface area contributed by atoms with E-state index in [0.717, 1.165) is 44.5 Å². The van der Waals surface area contributed by atoms with E-state index in [1.807, 2.05) is 0 Å². The number of hydrogen-bond donors (Lipinski definition) is 0. The quantitative estimate of drug-likeness (QED) is 0.142. The van der Waals surface area contributed by atoms with Crippen LogP contribution in [0.4, 0.5) is 0 Å². The van der Waals surface area contributed by atoms with Gasteiger partial charge in [0.05, 0.1) is 0 Å². The molecule has 8 aromatic rings. The number of methoxy groups -OCH3 is 4. The Kier molecular flexibility index (Phi) is 13.8. The van der Waals surface area contributed by atoms with Crippen molar-refractivity contribution < 1.29 is 33.9 Å². The number of benzene rings is 8. The van der Waals surface area contributed by atoms with Gasteiger partial charge in [-0.15, -0.1) is 0 Å². The first kappa shape index (κ1) is 63.0. The number of allylic oxidation sites excluding steroid dienone is 32. The molecule has 0 saturated carbocycles. The van der Waals surface area contributed by atoms with E-state index in [4.69, 9.17) is 18.9 Å². The first-order valence-electron chi connectivity index (χ1n) is 35.2. The van der Waals surface area contributed by atoms with Gasteiger partial charge in [0.25, 0.3) is 0 Å². The summed E-state index contributed by atoms with van der Waals surface area (Å²) in [5.74, 6) is 2.84. The molecule has 2 fully saturated rings. The van der Waals surface area contributed by atoms with Crippen molar-refractivity contribution in [1.29, 1.82) is 0 Å². The van der Waals surface area contributed by atoms with Gasteiger partial charge >= 0.3 is 595 Å². The maximum absolute atomic E-state index is 11.7.